The lowest BCUT2D eigenvalue weighted by molar-refractivity contribution is -0.125. The zero-order valence-electron chi connectivity index (χ0n) is 17.8. The number of ether oxygens (including phenoxy) is 2. The molecule has 1 aliphatic heterocycles. The molecule has 8 heteroatoms. The van der Waals surface area contributed by atoms with Gasteiger partial charge in [0.1, 0.15) is 11.5 Å². The Hall–Kier alpha value is -3.13. The Morgan fingerprint density at radius 1 is 1.09 bits per heavy atom. The summed E-state index contributed by atoms with van der Waals surface area (Å²) in [5, 5.41) is 3.06. The topological polar surface area (TPSA) is 76.6 Å². The number of anilines is 1. The summed E-state index contributed by atoms with van der Waals surface area (Å²) < 4.78 is 12.3. The molecule has 1 aliphatic rings. The monoisotopic (exact) mass is 496 g/mol. The second-order valence-corrected chi connectivity index (χ2v) is 8.49. The fraction of sp³-hybridized carbons (Fsp3) is 0.292. The highest BCUT2D eigenvalue weighted by Crippen LogP contribution is 2.32. The molecule has 3 aromatic rings. The summed E-state index contributed by atoms with van der Waals surface area (Å²) in [6.07, 6.45) is 4.77. The van der Waals surface area contributed by atoms with Crippen LogP contribution in [0.4, 0.5) is 5.82 Å². The number of methoxy groups -OCH3 is 1. The van der Waals surface area contributed by atoms with Crippen LogP contribution in [0.5, 0.6) is 17.4 Å². The third-order valence-corrected chi connectivity index (χ3v) is 5.98. The van der Waals surface area contributed by atoms with Gasteiger partial charge in [0.05, 0.1) is 7.11 Å². The van der Waals surface area contributed by atoms with Crippen molar-refractivity contribution in [3.05, 3.63) is 71.0 Å². The summed E-state index contributed by atoms with van der Waals surface area (Å²) in [4.78, 5) is 23.6. The van der Waals surface area contributed by atoms with E-state index in [1.807, 2.05) is 42.5 Å². The molecule has 0 aliphatic carbocycles. The van der Waals surface area contributed by atoms with Crippen LogP contribution in [0.1, 0.15) is 18.4 Å². The predicted octanol–water partition coefficient (Wildman–Crippen LogP) is 4.57. The third kappa shape index (κ3) is 5.56. The van der Waals surface area contributed by atoms with E-state index in [4.69, 9.17) is 9.47 Å². The van der Waals surface area contributed by atoms with Gasteiger partial charge in [-0.25, -0.2) is 9.97 Å². The number of piperidine rings is 1. The summed E-state index contributed by atoms with van der Waals surface area (Å²) in [6.45, 7) is 1.96. The number of benzene rings is 2. The van der Waals surface area contributed by atoms with Crippen molar-refractivity contribution in [1.29, 1.82) is 0 Å². The number of carbonyl (C=O) groups excluding carboxylic acids is 1. The summed E-state index contributed by atoms with van der Waals surface area (Å²) in [7, 11) is 1.62. The first-order valence-electron chi connectivity index (χ1n) is 10.5. The van der Waals surface area contributed by atoms with Gasteiger partial charge in [0.15, 0.2) is 5.82 Å². The molecule has 32 heavy (non-hydrogen) atoms. The maximum absolute atomic E-state index is 12.6. The fourth-order valence-electron chi connectivity index (χ4n) is 3.67. The largest absolute Gasteiger partial charge is 0.497 e. The van der Waals surface area contributed by atoms with Crippen molar-refractivity contribution in [3.63, 3.8) is 0 Å². The molecule has 0 saturated carbocycles. The number of amides is 1. The molecule has 2 aromatic carbocycles. The first-order chi connectivity index (χ1) is 15.6. The van der Waals surface area contributed by atoms with Crippen LogP contribution in [-0.4, -0.2) is 36.1 Å². The molecule has 166 valence electrons. The van der Waals surface area contributed by atoms with Crippen molar-refractivity contribution in [3.8, 4) is 17.4 Å². The van der Waals surface area contributed by atoms with E-state index in [9.17, 15) is 4.79 Å². The van der Waals surface area contributed by atoms with Crippen LogP contribution < -0.4 is 19.7 Å². The Labute approximate surface area is 195 Å². The Kier molecular flexibility index (Phi) is 7.21. The van der Waals surface area contributed by atoms with Crippen molar-refractivity contribution < 1.29 is 14.3 Å². The minimum atomic E-state index is -0.0128. The molecule has 0 atom stereocenters. The first kappa shape index (κ1) is 22.1. The predicted molar refractivity (Wildman–Crippen MR) is 126 cm³/mol. The highest BCUT2D eigenvalue weighted by Gasteiger charge is 2.27. The molecule has 2 heterocycles. The summed E-state index contributed by atoms with van der Waals surface area (Å²) in [5.74, 6) is 2.56. The highest BCUT2D eigenvalue weighted by atomic mass is 79.9. The van der Waals surface area contributed by atoms with E-state index in [0.29, 0.717) is 42.8 Å². The number of halogens is 1. The third-order valence-electron chi connectivity index (χ3n) is 5.45. The number of rotatable bonds is 7. The van der Waals surface area contributed by atoms with E-state index in [0.717, 1.165) is 22.9 Å². The van der Waals surface area contributed by atoms with Gasteiger partial charge in [-0.05, 0) is 42.7 Å². The molecule has 1 amide bonds. The zero-order chi connectivity index (χ0) is 22.3. The van der Waals surface area contributed by atoms with Crippen LogP contribution in [0.2, 0.25) is 0 Å². The number of nitrogens with zero attached hydrogens (tertiary/aromatic N) is 3. The Balaban J connectivity index is 1.34. The smallest absolute Gasteiger partial charge is 0.263 e. The van der Waals surface area contributed by atoms with Crippen molar-refractivity contribution in [2.45, 2.75) is 19.4 Å². The van der Waals surface area contributed by atoms with Crippen LogP contribution in [0, 0.1) is 5.92 Å². The number of carbonyl (C=O) groups is 1. The normalized spacial score (nSPS) is 14.1. The summed E-state index contributed by atoms with van der Waals surface area (Å²) in [5.41, 5.74) is 1.08. The molecule has 0 unspecified atom stereocenters. The summed E-state index contributed by atoms with van der Waals surface area (Å²) >= 11 is 3.43. The van der Waals surface area contributed by atoms with E-state index in [1.165, 1.54) is 0 Å². The van der Waals surface area contributed by atoms with Gasteiger partial charge in [0.2, 0.25) is 5.91 Å². The number of nitrogens with one attached hydrogen (secondary N) is 1. The summed E-state index contributed by atoms with van der Waals surface area (Å²) in [6, 6.07) is 15.3. The second kappa shape index (κ2) is 10.5. The fourth-order valence-corrected chi connectivity index (χ4v) is 3.94. The Morgan fingerprint density at radius 2 is 1.81 bits per heavy atom. The molecule has 4 rings (SSSR count). The average molecular weight is 497 g/mol. The minimum Gasteiger partial charge on any atom is -0.497 e. The van der Waals surface area contributed by atoms with Gasteiger partial charge in [-0.15, -0.1) is 0 Å². The van der Waals surface area contributed by atoms with E-state index in [2.05, 4.69) is 36.1 Å². The quantitative estimate of drug-likeness (QED) is 0.516. The Morgan fingerprint density at radius 3 is 2.56 bits per heavy atom. The van der Waals surface area contributed by atoms with Crippen LogP contribution in [-0.2, 0) is 11.3 Å². The molecule has 1 saturated heterocycles. The molecule has 0 bridgehead atoms. The minimum absolute atomic E-state index is 0.0128. The molecular formula is C24H25BrN4O3. The van der Waals surface area contributed by atoms with Crippen molar-refractivity contribution in [2.75, 3.05) is 25.1 Å². The first-order valence-corrected chi connectivity index (χ1v) is 11.3. The van der Waals surface area contributed by atoms with Gasteiger partial charge >= 0.3 is 0 Å². The maximum atomic E-state index is 12.6. The van der Waals surface area contributed by atoms with Crippen LogP contribution in [0.25, 0.3) is 0 Å². The number of hydrogen-bond acceptors (Lipinski definition) is 6. The molecule has 0 radical (unpaired) electrons. The van der Waals surface area contributed by atoms with Crippen molar-refractivity contribution >= 4 is 27.7 Å². The van der Waals surface area contributed by atoms with Crippen LogP contribution in [0.3, 0.4) is 0 Å². The van der Waals surface area contributed by atoms with Gasteiger partial charge in [-0.1, -0.05) is 34.1 Å². The van der Waals surface area contributed by atoms with Gasteiger partial charge in [-0.2, -0.15) is 0 Å². The lowest BCUT2D eigenvalue weighted by Crippen LogP contribution is -2.40. The standard InChI is InChI=1S/C24H25BrN4O3/c1-31-20-3-2-4-21(15-20)32-24-22(26-11-12-27-24)29-13-9-18(10-14-29)23(30)28-16-17-5-7-19(25)8-6-17/h2-8,11-12,15,18H,9-10,13-14,16H2,1H3,(H,28,30). The molecule has 7 nitrogen and oxygen atoms in total. The van der Waals surface area contributed by atoms with Gasteiger partial charge in [0, 0.05) is 48.5 Å². The lowest BCUT2D eigenvalue weighted by atomic mass is 9.96. The zero-order valence-corrected chi connectivity index (χ0v) is 19.4. The van der Waals surface area contributed by atoms with E-state index in [-0.39, 0.29) is 11.8 Å². The molecular weight excluding hydrogens is 472 g/mol. The van der Waals surface area contributed by atoms with E-state index < -0.39 is 0 Å². The van der Waals surface area contributed by atoms with E-state index >= 15 is 0 Å². The molecule has 0 spiro atoms. The van der Waals surface area contributed by atoms with Crippen LogP contribution >= 0.6 is 15.9 Å². The molecule has 1 N–H and O–H groups in total. The maximum Gasteiger partial charge on any atom is 0.263 e. The SMILES string of the molecule is COc1cccc(Oc2nccnc2N2CCC(C(=O)NCc3ccc(Br)cc3)CC2)c1. The van der Waals surface area contributed by atoms with Crippen molar-refractivity contribution in [2.24, 2.45) is 5.92 Å². The van der Waals surface area contributed by atoms with Gasteiger partial charge in [0.25, 0.3) is 5.88 Å². The number of aromatic nitrogens is 2. The average Bonchev–Trinajstić information content (AvgIpc) is 2.84. The number of hydrogen-bond donors (Lipinski definition) is 1. The van der Waals surface area contributed by atoms with Crippen molar-refractivity contribution in [1.82, 2.24) is 15.3 Å². The lowest BCUT2D eigenvalue weighted by Gasteiger charge is -2.32. The van der Waals surface area contributed by atoms with Gasteiger partial charge in [-0.3, -0.25) is 4.79 Å². The second-order valence-electron chi connectivity index (χ2n) is 7.57. The Bertz CT molecular complexity index is 1050. The van der Waals surface area contributed by atoms with Crippen LogP contribution in [0.15, 0.2) is 65.4 Å². The molecule has 1 aromatic heterocycles. The van der Waals surface area contributed by atoms with Gasteiger partial charge < -0.3 is 19.7 Å². The van der Waals surface area contributed by atoms with E-state index in [1.54, 1.807) is 25.6 Å². The molecule has 1 fully saturated rings. The highest BCUT2D eigenvalue weighted by molar-refractivity contribution is 9.10.